The van der Waals surface area contributed by atoms with Gasteiger partial charge in [-0.2, -0.15) is 0 Å². The van der Waals surface area contributed by atoms with Crippen LogP contribution in [0.25, 0.3) is 0 Å². The number of fused-ring (bicyclic) bond motifs is 1. The maximum absolute atomic E-state index is 12.2. The second kappa shape index (κ2) is 4.80. The van der Waals surface area contributed by atoms with E-state index in [1.54, 1.807) is 6.26 Å². The Hall–Kier alpha value is -2.23. The zero-order valence-electron chi connectivity index (χ0n) is 10.8. The Morgan fingerprint density at radius 2 is 2.32 bits per heavy atom. The van der Waals surface area contributed by atoms with Crippen molar-refractivity contribution in [2.75, 3.05) is 11.9 Å². The molecule has 2 heterocycles. The van der Waals surface area contributed by atoms with E-state index in [-0.39, 0.29) is 11.9 Å². The largest absolute Gasteiger partial charge is 0.467 e. The SMILES string of the molecule is C[C@@H](NC(=O)c1ccc2c(c1)CCN2)c1ccco1. The molecule has 2 N–H and O–H groups in total. The molecule has 0 saturated heterocycles. The molecule has 98 valence electrons. The first-order chi connectivity index (χ1) is 9.24. The van der Waals surface area contributed by atoms with Crippen molar-refractivity contribution < 1.29 is 9.21 Å². The molecule has 1 atom stereocenters. The van der Waals surface area contributed by atoms with E-state index in [4.69, 9.17) is 4.42 Å². The van der Waals surface area contributed by atoms with E-state index in [0.717, 1.165) is 24.4 Å². The van der Waals surface area contributed by atoms with Crippen molar-refractivity contribution in [3.8, 4) is 0 Å². The molecule has 0 bridgehead atoms. The van der Waals surface area contributed by atoms with Crippen LogP contribution in [0.2, 0.25) is 0 Å². The molecule has 0 radical (unpaired) electrons. The summed E-state index contributed by atoms with van der Waals surface area (Å²) in [6.07, 6.45) is 2.59. The summed E-state index contributed by atoms with van der Waals surface area (Å²) in [5.41, 5.74) is 3.04. The van der Waals surface area contributed by atoms with Crippen LogP contribution in [0, 0.1) is 0 Å². The van der Waals surface area contributed by atoms with Gasteiger partial charge in [-0.05, 0) is 49.2 Å². The number of anilines is 1. The lowest BCUT2D eigenvalue weighted by molar-refractivity contribution is 0.0935. The van der Waals surface area contributed by atoms with Crippen molar-refractivity contribution in [3.05, 3.63) is 53.5 Å². The zero-order valence-corrected chi connectivity index (χ0v) is 10.8. The van der Waals surface area contributed by atoms with E-state index in [2.05, 4.69) is 10.6 Å². The first kappa shape index (κ1) is 11.8. The van der Waals surface area contributed by atoms with Gasteiger partial charge in [0, 0.05) is 17.8 Å². The Morgan fingerprint density at radius 1 is 1.42 bits per heavy atom. The standard InChI is InChI=1S/C15H16N2O2/c1-10(14-3-2-8-19-14)17-15(18)12-4-5-13-11(9-12)6-7-16-13/h2-5,8-10,16H,6-7H2,1H3,(H,17,18)/t10-/m1/s1. The first-order valence-electron chi connectivity index (χ1n) is 6.45. The molecule has 1 amide bonds. The molecule has 0 aliphatic carbocycles. The Balaban J connectivity index is 1.74. The fourth-order valence-corrected chi connectivity index (χ4v) is 2.33. The van der Waals surface area contributed by atoms with E-state index in [0.29, 0.717) is 5.56 Å². The highest BCUT2D eigenvalue weighted by atomic mass is 16.3. The van der Waals surface area contributed by atoms with Gasteiger partial charge in [0.15, 0.2) is 0 Å². The average molecular weight is 256 g/mol. The molecule has 0 unspecified atom stereocenters. The predicted molar refractivity (Wildman–Crippen MR) is 73.2 cm³/mol. The third kappa shape index (κ3) is 2.34. The lowest BCUT2D eigenvalue weighted by atomic mass is 10.1. The summed E-state index contributed by atoms with van der Waals surface area (Å²) in [5, 5.41) is 6.22. The second-order valence-electron chi connectivity index (χ2n) is 4.76. The van der Waals surface area contributed by atoms with Crippen LogP contribution >= 0.6 is 0 Å². The van der Waals surface area contributed by atoms with Gasteiger partial charge in [0.25, 0.3) is 5.91 Å². The Morgan fingerprint density at radius 3 is 3.11 bits per heavy atom. The molecule has 4 heteroatoms. The summed E-state index contributed by atoms with van der Waals surface area (Å²) in [6, 6.07) is 9.32. The molecule has 1 aromatic carbocycles. The predicted octanol–water partition coefficient (Wildman–Crippen LogP) is 2.74. The Kier molecular flexibility index (Phi) is 2.99. The number of carbonyl (C=O) groups excluding carboxylic acids is 1. The summed E-state index contributed by atoms with van der Waals surface area (Å²) in [4.78, 5) is 12.2. The van der Waals surface area contributed by atoms with Crippen LogP contribution < -0.4 is 10.6 Å². The van der Waals surface area contributed by atoms with Crippen LogP contribution in [-0.2, 0) is 6.42 Å². The number of amides is 1. The van der Waals surface area contributed by atoms with Crippen molar-refractivity contribution in [1.29, 1.82) is 0 Å². The molecular weight excluding hydrogens is 240 g/mol. The normalized spacial score (nSPS) is 14.6. The minimum Gasteiger partial charge on any atom is -0.467 e. The van der Waals surface area contributed by atoms with Gasteiger partial charge in [-0.1, -0.05) is 0 Å². The van der Waals surface area contributed by atoms with Crippen LogP contribution in [0.4, 0.5) is 5.69 Å². The van der Waals surface area contributed by atoms with Crippen LogP contribution in [-0.4, -0.2) is 12.5 Å². The molecule has 2 aromatic rings. The van der Waals surface area contributed by atoms with Gasteiger partial charge in [0.1, 0.15) is 5.76 Å². The minimum absolute atomic E-state index is 0.0707. The molecule has 3 rings (SSSR count). The molecule has 4 nitrogen and oxygen atoms in total. The monoisotopic (exact) mass is 256 g/mol. The maximum atomic E-state index is 12.2. The van der Waals surface area contributed by atoms with Crippen molar-refractivity contribution in [2.45, 2.75) is 19.4 Å². The summed E-state index contributed by atoms with van der Waals surface area (Å²) in [6.45, 7) is 2.86. The van der Waals surface area contributed by atoms with Gasteiger partial charge in [0.2, 0.25) is 0 Å². The summed E-state index contributed by atoms with van der Waals surface area (Å²) in [7, 11) is 0. The zero-order chi connectivity index (χ0) is 13.2. The lowest BCUT2D eigenvalue weighted by Crippen LogP contribution is -2.26. The van der Waals surface area contributed by atoms with Crippen molar-refractivity contribution in [1.82, 2.24) is 5.32 Å². The number of rotatable bonds is 3. The van der Waals surface area contributed by atoms with Crippen LogP contribution in [0.1, 0.15) is 34.6 Å². The fourth-order valence-electron chi connectivity index (χ4n) is 2.33. The molecule has 1 aliphatic rings. The second-order valence-corrected chi connectivity index (χ2v) is 4.76. The van der Waals surface area contributed by atoms with Gasteiger partial charge in [-0.15, -0.1) is 0 Å². The minimum atomic E-state index is -0.131. The molecule has 0 saturated carbocycles. The van der Waals surface area contributed by atoms with Crippen molar-refractivity contribution >= 4 is 11.6 Å². The number of nitrogens with one attached hydrogen (secondary N) is 2. The van der Waals surface area contributed by atoms with Crippen LogP contribution in [0.15, 0.2) is 41.0 Å². The maximum Gasteiger partial charge on any atom is 0.251 e. The van der Waals surface area contributed by atoms with E-state index >= 15 is 0 Å². The topological polar surface area (TPSA) is 54.3 Å². The number of hydrogen-bond acceptors (Lipinski definition) is 3. The van der Waals surface area contributed by atoms with Gasteiger partial charge < -0.3 is 15.1 Å². The van der Waals surface area contributed by atoms with E-state index in [1.165, 1.54) is 5.56 Å². The number of benzene rings is 1. The molecular formula is C15H16N2O2. The highest BCUT2D eigenvalue weighted by Gasteiger charge is 2.16. The number of furan rings is 1. The van der Waals surface area contributed by atoms with Crippen LogP contribution in [0.3, 0.4) is 0 Å². The fraction of sp³-hybridized carbons (Fsp3) is 0.267. The highest BCUT2D eigenvalue weighted by molar-refractivity contribution is 5.95. The van der Waals surface area contributed by atoms with Crippen LogP contribution in [0.5, 0.6) is 0 Å². The van der Waals surface area contributed by atoms with Crippen molar-refractivity contribution in [3.63, 3.8) is 0 Å². The quantitative estimate of drug-likeness (QED) is 0.887. The molecule has 0 fully saturated rings. The highest BCUT2D eigenvalue weighted by Crippen LogP contribution is 2.23. The smallest absolute Gasteiger partial charge is 0.251 e. The first-order valence-corrected chi connectivity index (χ1v) is 6.45. The summed E-state index contributed by atoms with van der Waals surface area (Å²) < 4.78 is 5.28. The van der Waals surface area contributed by atoms with Gasteiger partial charge in [-0.25, -0.2) is 0 Å². The Labute approximate surface area is 111 Å². The molecule has 0 spiro atoms. The molecule has 19 heavy (non-hydrogen) atoms. The third-order valence-electron chi connectivity index (χ3n) is 3.39. The van der Waals surface area contributed by atoms with E-state index < -0.39 is 0 Å². The summed E-state index contributed by atoms with van der Waals surface area (Å²) >= 11 is 0. The Bertz CT molecular complexity index is 590. The van der Waals surface area contributed by atoms with Gasteiger partial charge in [-0.3, -0.25) is 4.79 Å². The number of hydrogen-bond donors (Lipinski definition) is 2. The average Bonchev–Trinajstić information content (AvgIpc) is 3.09. The van der Waals surface area contributed by atoms with Crippen molar-refractivity contribution in [2.24, 2.45) is 0 Å². The lowest BCUT2D eigenvalue weighted by Gasteiger charge is -2.12. The summed E-state index contributed by atoms with van der Waals surface area (Å²) in [5.74, 6) is 0.690. The number of carbonyl (C=O) groups is 1. The van der Waals surface area contributed by atoms with E-state index in [9.17, 15) is 4.79 Å². The van der Waals surface area contributed by atoms with E-state index in [1.807, 2.05) is 37.3 Å². The third-order valence-corrected chi connectivity index (χ3v) is 3.39. The molecule has 1 aromatic heterocycles. The van der Waals surface area contributed by atoms with Gasteiger partial charge in [0.05, 0.1) is 12.3 Å². The molecule has 1 aliphatic heterocycles. The van der Waals surface area contributed by atoms with Gasteiger partial charge >= 0.3 is 0 Å².